The first-order valence-electron chi connectivity index (χ1n) is 8.38. The Morgan fingerprint density at radius 3 is 2.78 bits per heavy atom. The summed E-state index contributed by atoms with van der Waals surface area (Å²) in [4.78, 5) is 16.4. The number of esters is 1. The lowest BCUT2D eigenvalue weighted by Gasteiger charge is -2.09. The first-order chi connectivity index (χ1) is 13.1. The molecule has 0 atom stereocenters. The van der Waals surface area contributed by atoms with Crippen molar-refractivity contribution in [3.05, 3.63) is 71.1 Å². The molecule has 0 aliphatic heterocycles. The van der Waals surface area contributed by atoms with E-state index in [4.69, 9.17) is 16.3 Å². The molecule has 2 aromatic heterocycles. The van der Waals surface area contributed by atoms with Crippen LogP contribution in [0.25, 0.3) is 22.3 Å². The van der Waals surface area contributed by atoms with Crippen molar-refractivity contribution in [2.45, 2.75) is 6.54 Å². The third kappa shape index (κ3) is 3.19. The molecule has 0 amide bonds. The molecule has 0 radical (unpaired) electrons. The van der Waals surface area contributed by atoms with Crippen molar-refractivity contribution in [1.29, 1.82) is 0 Å². The van der Waals surface area contributed by atoms with Crippen molar-refractivity contribution < 1.29 is 9.53 Å². The molecule has 0 aliphatic rings. The van der Waals surface area contributed by atoms with Crippen LogP contribution in [0.1, 0.15) is 16.1 Å². The molecule has 4 rings (SSSR count). The van der Waals surface area contributed by atoms with Crippen LogP contribution in [0.5, 0.6) is 0 Å². The van der Waals surface area contributed by atoms with E-state index in [-0.39, 0.29) is 5.69 Å². The number of nitrogens with zero attached hydrogens (tertiary/aromatic N) is 4. The van der Waals surface area contributed by atoms with Gasteiger partial charge in [-0.3, -0.25) is 4.68 Å². The molecule has 0 fully saturated rings. The number of benzene rings is 2. The predicted octanol–water partition coefficient (Wildman–Crippen LogP) is 3.93. The number of carbonyl (C=O) groups is 1. The van der Waals surface area contributed by atoms with Crippen LogP contribution in [0.2, 0.25) is 5.02 Å². The molecule has 0 bridgehead atoms. The van der Waals surface area contributed by atoms with Gasteiger partial charge < -0.3 is 9.30 Å². The van der Waals surface area contributed by atoms with Crippen molar-refractivity contribution in [2.24, 2.45) is 7.05 Å². The van der Waals surface area contributed by atoms with E-state index in [0.29, 0.717) is 11.6 Å². The number of hydrogen-bond acceptors (Lipinski definition) is 4. The summed E-state index contributed by atoms with van der Waals surface area (Å²) in [6.45, 7) is 0.440. The van der Waals surface area contributed by atoms with Gasteiger partial charge in [-0.15, -0.1) is 0 Å². The Hall–Kier alpha value is -3.12. The molecule has 0 saturated heterocycles. The fourth-order valence-electron chi connectivity index (χ4n) is 3.05. The van der Waals surface area contributed by atoms with Crippen LogP contribution in [-0.2, 0) is 18.3 Å². The van der Waals surface area contributed by atoms with Crippen LogP contribution in [0.15, 0.2) is 54.9 Å². The summed E-state index contributed by atoms with van der Waals surface area (Å²) in [6.07, 6.45) is 1.77. The van der Waals surface area contributed by atoms with Crippen LogP contribution in [0.3, 0.4) is 0 Å². The van der Waals surface area contributed by atoms with E-state index < -0.39 is 5.97 Å². The van der Waals surface area contributed by atoms with E-state index in [9.17, 15) is 4.79 Å². The van der Waals surface area contributed by atoms with Crippen LogP contribution < -0.4 is 0 Å². The molecule has 0 N–H and O–H groups in total. The number of halogens is 1. The van der Waals surface area contributed by atoms with Gasteiger partial charge in [0.15, 0.2) is 5.69 Å². The molecule has 0 aliphatic carbocycles. The Kier molecular flexibility index (Phi) is 4.41. The van der Waals surface area contributed by atoms with Gasteiger partial charge in [-0.25, -0.2) is 9.78 Å². The Bertz CT molecular complexity index is 1150. The third-order valence-corrected chi connectivity index (χ3v) is 4.84. The van der Waals surface area contributed by atoms with Gasteiger partial charge in [-0.2, -0.15) is 5.10 Å². The molecule has 7 heteroatoms. The average molecular weight is 381 g/mol. The summed E-state index contributed by atoms with van der Waals surface area (Å²) in [5, 5.41) is 5.10. The smallest absolute Gasteiger partial charge is 0.358 e. The molecule has 136 valence electrons. The maximum absolute atomic E-state index is 12.0. The Morgan fingerprint density at radius 1 is 1.19 bits per heavy atom. The summed E-state index contributed by atoms with van der Waals surface area (Å²) < 4.78 is 8.56. The zero-order valence-electron chi connectivity index (χ0n) is 14.9. The summed E-state index contributed by atoms with van der Waals surface area (Å²) in [7, 11) is 3.29. The molecule has 27 heavy (non-hydrogen) atoms. The number of imidazole rings is 1. The highest BCUT2D eigenvalue weighted by atomic mass is 35.5. The lowest BCUT2D eigenvalue weighted by molar-refractivity contribution is 0.0593. The lowest BCUT2D eigenvalue weighted by atomic mass is 10.1. The second-order valence-electron chi connectivity index (χ2n) is 6.21. The van der Waals surface area contributed by atoms with Crippen LogP contribution in [-0.4, -0.2) is 32.4 Å². The minimum Gasteiger partial charge on any atom is -0.464 e. The second kappa shape index (κ2) is 6.89. The van der Waals surface area contributed by atoms with E-state index in [2.05, 4.69) is 10.1 Å². The summed E-state index contributed by atoms with van der Waals surface area (Å²) in [6, 6.07) is 15.3. The number of carbonyl (C=O) groups excluding carboxylic acids is 1. The van der Waals surface area contributed by atoms with Crippen molar-refractivity contribution in [1.82, 2.24) is 19.3 Å². The van der Waals surface area contributed by atoms with E-state index in [1.54, 1.807) is 17.1 Å². The molecular weight excluding hydrogens is 364 g/mol. The minimum absolute atomic E-state index is 0.254. The maximum atomic E-state index is 12.0. The molecule has 0 unspecified atom stereocenters. The quantitative estimate of drug-likeness (QED) is 0.503. The highest BCUT2D eigenvalue weighted by Crippen LogP contribution is 2.27. The molecule has 6 nitrogen and oxygen atoms in total. The van der Waals surface area contributed by atoms with E-state index in [1.807, 2.05) is 54.1 Å². The number of aryl methyl sites for hydroxylation is 1. The largest absolute Gasteiger partial charge is 0.464 e. The Morgan fingerprint density at radius 2 is 2.00 bits per heavy atom. The normalized spacial score (nSPS) is 11.1. The highest BCUT2D eigenvalue weighted by molar-refractivity contribution is 6.31. The molecule has 2 aromatic carbocycles. The monoisotopic (exact) mass is 380 g/mol. The zero-order valence-corrected chi connectivity index (χ0v) is 15.6. The summed E-state index contributed by atoms with van der Waals surface area (Å²) in [5.74, 6) is -0.476. The number of rotatable bonds is 4. The van der Waals surface area contributed by atoms with Gasteiger partial charge in [0.1, 0.15) is 0 Å². The number of methoxy groups -OCH3 is 1. The van der Waals surface area contributed by atoms with Gasteiger partial charge in [0.2, 0.25) is 0 Å². The van der Waals surface area contributed by atoms with Crippen LogP contribution in [0, 0.1) is 0 Å². The molecule has 0 saturated carbocycles. The Balaban J connectivity index is 1.84. The van der Waals surface area contributed by atoms with E-state index >= 15 is 0 Å². The summed E-state index contributed by atoms with van der Waals surface area (Å²) >= 11 is 6.31. The number of fused-ring (bicyclic) bond motifs is 1. The third-order valence-electron chi connectivity index (χ3n) is 4.47. The van der Waals surface area contributed by atoms with Gasteiger partial charge in [-0.05, 0) is 29.8 Å². The number of aromatic nitrogens is 4. The Labute approximate surface area is 161 Å². The molecule has 2 heterocycles. The van der Waals surface area contributed by atoms with Crippen molar-refractivity contribution in [2.75, 3.05) is 7.11 Å². The number of hydrogen-bond donors (Lipinski definition) is 0. The van der Waals surface area contributed by atoms with Crippen molar-refractivity contribution in [3.8, 4) is 11.3 Å². The molecule has 0 spiro atoms. The minimum atomic E-state index is -0.476. The fraction of sp³-hybridized carbons (Fsp3) is 0.150. The lowest BCUT2D eigenvalue weighted by Crippen LogP contribution is -2.07. The molecular formula is C20H17ClN4O2. The number of ether oxygens (including phenoxy) is 1. The predicted molar refractivity (Wildman–Crippen MR) is 104 cm³/mol. The highest BCUT2D eigenvalue weighted by Gasteiger charge is 2.17. The van der Waals surface area contributed by atoms with Gasteiger partial charge in [0.05, 0.1) is 36.7 Å². The SMILES string of the molecule is COC(=O)c1cc(-c2ccc3ncn(C)c3c2)n(Cc2ccccc2Cl)n1. The van der Waals surface area contributed by atoms with Crippen LogP contribution >= 0.6 is 11.6 Å². The van der Waals surface area contributed by atoms with E-state index in [1.165, 1.54) is 7.11 Å². The van der Waals surface area contributed by atoms with Gasteiger partial charge in [0, 0.05) is 17.6 Å². The van der Waals surface area contributed by atoms with Gasteiger partial charge in [-0.1, -0.05) is 35.9 Å². The van der Waals surface area contributed by atoms with Gasteiger partial charge >= 0.3 is 5.97 Å². The van der Waals surface area contributed by atoms with Crippen molar-refractivity contribution in [3.63, 3.8) is 0 Å². The van der Waals surface area contributed by atoms with Crippen molar-refractivity contribution >= 4 is 28.6 Å². The molecule has 4 aromatic rings. The topological polar surface area (TPSA) is 61.9 Å². The maximum Gasteiger partial charge on any atom is 0.358 e. The fourth-order valence-corrected chi connectivity index (χ4v) is 3.24. The van der Waals surface area contributed by atoms with E-state index in [0.717, 1.165) is 27.9 Å². The summed E-state index contributed by atoms with van der Waals surface area (Å²) in [5.41, 5.74) is 4.81. The average Bonchev–Trinajstić information content (AvgIpc) is 3.27. The second-order valence-corrected chi connectivity index (χ2v) is 6.62. The van der Waals surface area contributed by atoms with Gasteiger partial charge in [0.25, 0.3) is 0 Å². The standard InChI is InChI=1S/C20H17ClN4O2/c1-24-12-22-16-8-7-13(9-19(16)24)18-10-17(20(26)27-2)23-25(18)11-14-5-3-4-6-15(14)21/h3-10,12H,11H2,1-2H3. The van der Waals surface area contributed by atoms with Crippen LogP contribution in [0.4, 0.5) is 0 Å². The first-order valence-corrected chi connectivity index (χ1v) is 8.75. The zero-order chi connectivity index (χ0) is 19.0. The first kappa shape index (κ1) is 17.3.